The third kappa shape index (κ3) is 2.49. The highest BCUT2D eigenvalue weighted by molar-refractivity contribution is 9.10. The first-order chi connectivity index (χ1) is 7.27. The third-order valence-corrected chi connectivity index (χ3v) is 3.42. The largest absolute Gasteiger partial charge is 0.293 e. The van der Waals surface area contributed by atoms with Crippen molar-refractivity contribution in [1.29, 1.82) is 0 Å². The molecule has 1 heterocycles. The van der Waals surface area contributed by atoms with E-state index in [1.807, 2.05) is 24.3 Å². The first-order valence-electron chi connectivity index (χ1n) is 4.31. The summed E-state index contributed by atoms with van der Waals surface area (Å²) in [6.07, 6.45) is 1.88. The van der Waals surface area contributed by atoms with E-state index in [9.17, 15) is 4.79 Å². The van der Waals surface area contributed by atoms with Gasteiger partial charge in [-0.2, -0.15) is 0 Å². The second-order valence-corrected chi connectivity index (χ2v) is 4.61. The molecule has 1 aromatic heterocycles. The Labute approximate surface area is 99.4 Å². The summed E-state index contributed by atoms with van der Waals surface area (Å²) in [5, 5.41) is 3.64. The number of benzene rings is 1. The Morgan fingerprint density at radius 1 is 1.40 bits per heavy atom. The van der Waals surface area contributed by atoms with Gasteiger partial charge in [-0.3, -0.25) is 4.79 Å². The minimum Gasteiger partial charge on any atom is -0.293 e. The van der Waals surface area contributed by atoms with E-state index in [1.165, 1.54) is 6.20 Å². The zero-order valence-corrected chi connectivity index (χ0v) is 10.1. The predicted octanol–water partition coefficient (Wildman–Crippen LogP) is 2.73. The van der Waals surface area contributed by atoms with E-state index in [2.05, 4.69) is 25.5 Å². The van der Waals surface area contributed by atoms with Crippen molar-refractivity contribution in [3.63, 3.8) is 0 Å². The molecule has 0 radical (unpaired) electrons. The Kier molecular flexibility index (Phi) is 3.23. The molecular formula is C10H7BrN2OS. The number of carbonyl (C=O) groups is 1. The van der Waals surface area contributed by atoms with Crippen LogP contribution in [0.15, 0.2) is 34.9 Å². The summed E-state index contributed by atoms with van der Waals surface area (Å²) in [6, 6.07) is 7.69. The van der Waals surface area contributed by atoms with Crippen molar-refractivity contribution in [2.75, 3.05) is 0 Å². The summed E-state index contributed by atoms with van der Waals surface area (Å²) in [5.74, 6) is 0.0527. The average molecular weight is 283 g/mol. The Morgan fingerprint density at radius 3 is 2.87 bits per heavy atom. The fourth-order valence-electron chi connectivity index (χ4n) is 1.19. The number of carbonyl (C=O) groups excluding carboxylic acids is 1. The second kappa shape index (κ2) is 4.63. The molecule has 1 aromatic carbocycles. The van der Waals surface area contributed by atoms with Crippen molar-refractivity contribution in [1.82, 2.24) is 9.59 Å². The zero-order valence-electron chi connectivity index (χ0n) is 7.68. The molecule has 5 heteroatoms. The number of nitrogens with zero attached hydrogens (tertiary/aromatic N) is 2. The van der Waals surface area contributed by atoms with Gasteiger partial charge in [0.15, 0.2) is 5.78 Å². The highest BCUT2D eigenvalue weighted by Gasteiger charge is 2.10. The van der Waals surface area contributed by atoms with Gasteiger partial charge in [-0.05, 0) is 23.2 Å². The van der Waals surface area contributed by atoms with Crippen LogP contribution in [0.4, 0.5) is 0 Å². The quantitative estimate of drug-likeness (QED) is 0.813. The third-order valence-electron chi connectivity index (χ3n) is 1.94. The Balaban J connectivity index is 2.17. The van der Waals surface area contributed by atoms with Gasteiger partial charge in [-0.1, -0.05) is 38.6 Å². The van der Waals surface area contributed by atoms with E-state index in [-0.39, 0.29) is 5.78 Å². The summed E-state index contributed by atoms with van der Waals surface area (Å²) in [4.78, 5) is 12.3. The molecule has 0 saturated heterocycles. The number of rotatable bonds is 3. The number of halogens is 1. The van der Waals surface area contributed by atoms with Gasteiger partial charge in [0.25, 0.3) is 0 Å². The van der Waals surface area contributed by atoms with Crippen LogP contribution in [0.1, 0.15) is 15.2 Å². The summed E-state index contributed by atoms with van der Waals surface area (Å²) in [6.45, 7) is 0. The lowest BCUT2D eigenvalue weighted by Gasteiger charge is -2.00. The van der Waals surface area contributed by atoms with Crippen LogP contribution < -0.4 is 0 Å². The maximum absolute atomic E-state index is 11.7. The summed E-state index contributed by atoms with van der Waals surface area (Å²) >= 11 is 4.54. The van der Waals surface area contributed by atoms with Gasteiger partial charge in [0.2, 0.25) is 0 Å². The molecule has 0 aliphatic carbocycles. The summed E-state index contributed by atoms with van der Waals surface area (Å²) in [5.41, 5.74) is 0.982. The first-order valence-corrected chi connectivity index (χ1v) is 5.88. The van der Waals surface area contributed by atoms with Crippen molar-refractivity contribution < 1.29 is 4.79 Å². The molecule has 15 heavy (non-hydrogen) atoms. The molecule has 0 bridgehead atoms. The fourth-order valence-corrected chi connectivity index (χ4v) is 2.07. The first kappa shape index (κ1) is 10.4. The standard InChI is InChI=1S/C10H7BrN2OS/c11-8-4-2-1-3-7(8)5-9(14)10-6-12-13-15-10/h1-4,6H,5H2. The monoisotopic (exact) mass is 282 g/mol. The number of ketones is 1. The molecule has 2 aromatic rings. The van der Waals surface area contributed by atoms with Crippen LogP contribution in [0.25, 0.3) is 0 Å². The molecule has 0 saturated carbocycles. The van der Waals surface area contributed by atoms with Gasteiger partial charge in [-0.25, -0.2) is 0 Å². The Bertz CT molecular complexity index is 470. The van der Waals surface area contributed by atoms with Crippen molar-refractivity contribution in [2.24, 2.45) is 0 Å². The molecule has 2 rings (SSSR count). The molecule has 76 valence electrons. The van der Waals surface area contributed by atoms with Crippen LogP contribution in [0, 0.1) is 0 Å². The van der Waals surface area contributed by atoms with E-state index in [4.69, 9.17) is 0 Å². The van der Waals surface area contributed by atoms with Crippen molar-refractivity contribution in [3.05, 3.63) is 45.4 Å². The number of hydrogen-bond donors (Lipinski definition) is 0. The molecule has 0 aliphatic rings. The number of Topliss-reactive ketones (excluding diaryl/α,β-unsaturated/α-hetero) is 1. The number of hydrogen-bond acceptors (Lipinski definition) is 4. The zero-order chi connectivity index (χ0) is 10.7. The maximum Gasteiger partial charge on any atom is 0.180 e. The van der Waals surface area contributed by atoms with Gasteiger partial charge in [0, 0.05) is 10.9 Å². The molecule has 0 fully saturated rings. The minimum atomic E-state index is 0.0527. The van der Waals surface area contributed by atoms with E-state index in [1.54, 1.807) is 0 Å². The SMILES string of the molecule is O=C(Cc1ccccc1Br)c1cnns1. The number of aromatic nitrogens is 2. The highest BCUT2D eigenvalue weighted by Crippen LogP contribution is 2.18. The molecule has 0 amide bonds. The van der Waals surface area contributed by atoms with Gasteiger partial charge in [-0.15, -0.1) is 5.10 Å². The van der Waals surface area contributed by atoms with E-state index < -0.39 is 0 Å². The van der Waals surface area contributed by atoms with Crippen LogP contribution in [0.3, 0.4) is 0 Å². The maximum atomic E-state index is 11.7. The van der Waals surface area contributed by atoms with Crippen LogP contribution in [0.5, 0.6) is 0 Å². The summed E-state index contributed by atoms with van der Waals surface area (Å²) in [7, 11) is 0. The van der Waals surface area contributed by atoms with E-state index >= 15 is 0 Å². The normalized spacial score (nSPS) is 10.2. The summed E-state index contributed by atoms with van der Waals surface area (Å²) < 4.78 is 4.62. The molecule has 3 nitrogen and oxygen atoms in total. The lowest BCUT2D eigenvalue weighted by Crippen LogP contribution is -2.01. The predicted molar refractivity (Wildman–Crippen MR) is 62.1 cm³/mol. The fraction of sp³-hybridized carbons (Fsp3) is 0.100. The minimum absolute atomic E-state index is 0.0527. The topological polar surface area (TPSA) is 42.9 Å². The van der Waals surface area contributed by atoms with Crippen molar-refractivity contribution in [2.45, 2.75) is 6.42 Å². The lowest BCUT2D eigenvalue weighted by atomic mass is 10.1. The van der Waals surface area contributed by atoms with Gasteiger partial charge in [0.1, 0.15) is 4.88 Å². The van der Waals surface area contributed by atoms with Gasteiger partial charge >= 0.3 is 0 Å². The lowest BCUT2D eigenvalue weighted by molar-refractivity contribution is 0.0996. The molecule has 0 unspecified atom stereocenters. The average Bonchev–Trinajstić information content (AvgIpc) is 2.74. The Hall–Kier alpha value is -1.07. The van der Waals surface area contributed by atoms with Gasteiger partial charge in [0.05, 0.1) is 6.20 Å². The molecule has 0 atom stereocenters. The van der Waals surface area contributed by atoms with Crippen LogP contribution in [-0.4, -0.2) is 15.4 Å². The Morgan fingerprint density at radius 2 is 2.20 bits per heavy atom. The molecule has 0 spiro atoms. The molecule has 0 N–H and O–H groups in total. The van der Waals surface area contributed by atoms with Gasteiger partial charge < -0.3 is 0 Å². The highest BCUT2D eigenvalue weighted by atomic mass is 79.9. The molecule has 0 aliphatic heterocycles. The van der Waals surface area contributed by atoms with Crippen molar-refractivity contribution in [3.8, 4) is 0 Å². The van der Waals surface area contributed by atoms with Crippen LogP contribution in [0.2, 0.25) is 0 Å². The van der Waals surface area contributed by atoms with E-state index in [0.717, 1.165) is 21.6 Å². The van der Waals surface area contributed by atoms with Crippen molar-refractivity contribution >= 4 is 33.2 Å². The smallest absolute Gasteiger partial charge is 0.180 e. The molecular weight excluding hydrogens is 276 g/mol. The van der Waals surface area contributed by atoms with Crippen LogP contribution >= 0.6 is 27.5 Å². The van der Waals surface area contributed by atoms with E-state index in [0.29, 0.717) is 11.3 Å². The van der Waals surface area contributed by atoms with Crippen LogP contribution in [-0.2, 0) is 6.42 Å². The second-order valence-electron chi connectivity index (χ2n) is 2.97.